The number of halogens is 1. The number of hydrazone groups is 1. The fraction of sp³-hybridized carbons (Fsp3) is 0.150. The number of carbonyl (C=O) groups excluding carboxylic acids is 2. The summed E-state index contributed by atoms with van der Waals surface area (Å²) >= 11 is 7.09. The van der Waals surface area contributed by atoms with E-state index >= 15 is 0 Å². The lowest BCUT2D eigenvalue weighted by Gasteiger charge is -2.32. The van der Waals surface area contributed by atoms with Crippen molar-refractivity contribution in [1.82, 2.24) is 10.3 Å². The predicted molar refractivity (Wildman–Crippen MR) is 118 cm³/mol. The highest BCUT2D eigenvalue weighted by molar-refractivity contribution is 8.14. The summed E-state index contributed by atoms with van der Waals surface area (Å²) in [5, 5.41) is 8.16. The lowest BCUT2D eigenvalue weighted by Crippen LogP contribution is -2.52. The zero-order valence-electron chi connectivity index (χ0n) is 15.9. The molecule has 0 fully saturated rings. The molecule has 10 heteroatoms. The van der Waals surface area contributed by atoms with Gasteiger partial charge in [0.25, 0.3) is 5.91 Å². The number of nitrogens with zero attached hydrogens (tertiary/aromatic N) is 3. The minimum Gasteiger partial charge on any atom is -0.497 e. The Hall–Kier alpha value is -3.17. The van der Waals surface area contributed by atoms with Crippen LogP contribution in [0.5, 0.6) is 5.75 Å². The maximum absolute atomic E-state index is 12.9. The number of hydrogen-bond acceptors (Lipinski definition) is 7. The molecular weight excluding hydrogens is 426 g/mol. The molecule has 0 saturated carbocycles. The van der Waals surface area contributed by atoms with Gasteiger partial charge in [-0.2, -0.15) is 5.10 Å². The van der Waals surface area contributed by atoms with Gasteiger partial charge in [0.1, 0.15) is 5.75 Å². The SMILES string of the molecule is COc1cccc(N2C=CN3C(SCC(=O)Nc4ccc(Cl)cc4)=NNC3C2=O)c1. The molecule has 2 aliphatic heterocycles. The summed E-state index contributed by atoms with van der Waals surface area (Å²) in [5.41, 5.74) is 4.20. The van der Waals surface area contributed by atoms with Crippen molar-refractivity contribution in [2.45, 2.75) is 6.17 Å². The molecule has 0 saturated heterocycles. The summed E-state index contributed by atoms with van der Waals surface area (Å²) in [5.74, 6) is 0.442. The van der Waals surface area contributed by atoms with Crippen LogP contribution >= 0.6 is 23.4 Å². The maximum Gasteiger partial charge on any atom is 0.276 e. The van der Waals surface area contributed by atoms with Gasteiger partial charge in [-0.25, -0.2) is 0 Å². The third kappa shape index (κ3) is 4.22. The Balaban J connectivity index is 1.38. The molecule has 0 bridgehead atoms. The van der Waals surface area contributed by atoms with Crippen LogP contribution < -0.4 is 20.4 Å². The largest absolute Gasteiger partial charge is 0.497 e. The first-order valence-electron chi connectivity index (χ1n) is 9.00. The first-order chi connectivity index (χ1) is 14.5. The van der Waals surface area contributed by atoms with E-state index in [1.807, 2.05) is 18.2 Å². The minimum atomic E-state index is -0.664. The van der Waals surface area contributed by atoms with Crippen LogP contribution in [0.2, 0.25) is 5.02 Å². The molecule has 2 aromatic carbocycles. The number of hydrogen-bond donors (Lipinski definition) is 2. The number of benzene rings is 2. The molecule has 0 aliphatic carbocycles. The van der Waals surface area contributed by atoms with Crippen molar-refractivity contribution in [3.05, 3.63) is 66.0 Å². The van der Waals surface area contributed by atoms with Crippen LogP contribution in [0.1, 0.15) is 0 Å². The molecule has 0 aromatic heterocycles. The Morgan fingerprint density at radius 2 is 2.07 bits per heavy atom. The van der Waals surface area contributed by atoms with Crippen molar-refractivity contribution in [2.24, 2.45) is 5.10 Å². The van der Waals surface area contributed by atoms with E-state index in [9.17, 15) is 9.59 Å². The lowest BCUT2D eigenvalue weighted by molar-refractivity contribution is -0.122. The van der Waals surface area contributed by atoms with E-state index < -0.39 is 6.17 Å². The van der Waals surface area contributed by atoms with Crippen LogP contribution in [0.15, 0.2) is 66.0 Å². The van der Waals surface area contributed by atoms with Gasteiger partial charge in [0.2, 0.25) is 12.1 Å². The standard InChI is InChI=1S/C20H18ClN5O3S/c1-29-16-4-2-3-15(11-16)25-9-10-26-18(19(25)28)23-24-20(26)30-12-17(27)22-14-7-5-13(21)6-8-14/h2-11,18,23H,12H2,1H3,(H,22,27). The van der Waals surface area contributed by atoms with Crippen LogP contribution in [0.3, 0.4) is 0 Å². The van der Waals surface area contributed by atoms with Crippen LogP contribution in [-0.2, 0) is 9.59 Å². The highest BCUT2D eigenvalue weighted by Gasteiger charge is 2.38. The third-order valence-corrected chi connectivity index (χ3v) is 5.64. The van der Waals surface area contributed by atoms with Gasteiger partial charge in [0.15, 0.2) is 5.17 Å². The number of nitrogens with one attached hydrogen (secondary N) is 2. The van der Waals surface area contributed by atoms with Crippen LogP contribution in [0.25, 0.3) is 0 Å². The number of rotatable bonds is 5. The Bertz CT molecular complexity index is 1030. The topological polar surface area (TPSA) is 86.3 Å². The second-order valence-electron chi connectivity index (χ2n) is 6.38. The van der Waals surface area contributed by atoms with Crippen LogP contribution in [0, 0.1) is 0 Å². The first kappa shape index (κ1) is 20.1. The maximum atomic E-state index is 12.9. The van der Waals surface area contributed by atoms with Crippen LogP contribution in [0.4, 0.5) is 11.4 Å². The molecule has 2 N–H and O–H groups in total. The Kier molecular flexibility index (Phi) is 5.82. The average molecular weight is 444 g/mol. The molecule has 1 unspecified atom stereocenters. The van der Waals surface area contributed by atoms with E-state index in [4.69, 9.17) is 16.3 Å². The molecule has 1 atom stereocenters. The number of ether oxygens (including phenoxy) is 1. The molecule has 2 heterocycles. The van der Waals surface area contributed by atoms with Crippen molar-refractivity contribution in [1.29, 1.82) is 0 Å². The van der Waals surface area contributed by atoms with Crippen LogP contribution in [-0.4, -0.2) is 40.9 Å². The van der Waals surface area contributed by atoms with E-state index in [1.54, 1.807) is 54.7 Å². The van der Waals surface area contributed by atoms with Crippen molar-refractivity contribution < 1.29 is 14.3 Å². The second kappa shape index (κ2) is 8.68. The molecular formula is C20H18ClN5O3S. The first-order valence-corrected chi connectivity index (χ1v) is 10.4. The summed E-state index contributed by atoms with van der Waals surface area (Å²) in [6, 6.07) is 14.1. The predicted octanol–water partition coefficient (Wildman–Crippen LogP) is 3.04. The lowest BCUT2D eigenvalue weighted by atomic mass is 10.2. The number of carbonyl (C=O) groups is 2. The van der Waals surface area contributed by atoms with Crippen molar-refractivity contribution in [2.75, 3.05) is 23.1 Å². The molecule has 8 nitrogen and oxygen atoms in total. The zero-order valence-corrected chi connectivity index (χ0v) is 17.5. The highest BCUT2D eigenvalue weighted by Crippen LogP contribution is 2.28. The number of anilines is 2. The van der Waals surface area contributed by atoms with Gasteiger partial charge in [-0.1, -0.05) is 29.4 Å². The summed E-state index contributed by atoms with van der Waals surface area (Å²) in [6.45, 7) is 0. The smallest absolute Gasteiger partial charge is 0.276 e. The molecule has 2 amide bonds. The fourth-order valence-electron chi connectivity index (χ4n) is 2.96. The van der Waals surface area contributed by atoms with E-state index in [-0.39, 0.29) is 17.6 Å². The van der Waals surface area contributed by atoms with Crippen molar-refractivity contribution in [3.8, 4) is 5.75 Å². The number of thioether (sulfide) groups is 1. The fourth-order valence-corrected chi connectivity index (χ4v) is 3.85. The highest BCUT2D eigenvalue weighted by atomic mass is 35.5. The van der Waals surface area contributed by atoms with E-state index in [2.05, 4.69) is 15.8 Å². The minimum absolute atomic E-state index is 0.147. The van der Waals surface area contributed by atoms with Gasteiger partial charge in [-0.05, 0) is 36.4 Å². The summed E-state index contributed by atoms with van der Waals surface area (Å²) in [7, 11) is 1.58. The van der Waals surface area contributed by atoms with Gasteiger partial charge >= 0.3 is 0 Å². The van der Waals surface area contributed by atoms with E-state index in [1.165, 1.54) is 16.7 Å². The molecule has 2 aliphatic rings. The van der Waals surface area contributed by atoms with Crippen molar-refractivity contribution in [3.63, 3.8) is 0 Å². The molecule has 0 spiro atoms. The molecule has 4 rings (SSSR count). The number of amides is 2. The quantitative estimate of drug-likeness (QED) is 0.738. The number of fused-ring (bicyclic) bond motifs is 1. The van der Waals surface area contributed by atoms with Crippen molar-refractivity contribution >= 4 is 51.7 Å². The summed E-state index contributed by atoms with van der Waals surface area (Å²) in [6.07, 6.45) is 2.77. The number of amidine groups is 1. The number of methoxy groups -OCH3 is 1. The normalized spacial score (nSPS) is 17.3. The average Bonchev–Trinajstić information content (AvgIpc) is 3.18. The second-order valence-corrected chi connectivity index (χ2v) is 7.76. The summed E-state index contributed by atoms with van der Waals surface area (Å²) in [4.78, 5) is 28.4. The molecule has 0 radical (unpaired) electrons. The Morgan fingerprint density at radius 3 is 2.83 bits per heavy atom. The van der Waals surface area contributed by atoms with E-state index in [0.29, 0.717) is 27.3 Å². The van der Waals surface area contributed by atoms with Gasteiger partial charge < -0.3 is 10.1 Å². The molecule has 30 heavy (non-hydrogen) atoms. The van der Waals surface area contributed by atoms with Gasteiger partial charge in [-0.3, -0.25) is 24.8 Å². The molecule has 2 aromatic rings. The Morgan fingerprint density at radius 1 is 1.27 bits per heavy atom. The van der Waals surface area contributed by atoms with Gasteiger partial charge in [-0.15, -0.1) is 0 Å². The zero-order chi connectivity index (χ0) is 21.1. The Labute approximate surface area is 182 Å². The molecule has 154 valence electrons. The van der Waals surface area contributed by atoms with Gasteiger partial charge in [0.05, 0.1) is 18.6 Å². The van der Waals surface area contributed by atoms with Gasteiger partial charge in [0, 0.05) is 29.2 Å². The van der Waals surface area contributed by atoms with E-state index in [0.717, 1.165) is 0 Å². The monoisotopic (exact) mass is 443 g/mol. The summed E-state index contributed by atoms with van der Waals surface area (Å²) < 4.78 is 5.23. The third-order valence-electron chi connectivity index (χ3n) is 4.42.